The van der Waals surface area contributed by atoms with Crippen LogP contribution < -0.4 is 10.6 Å². The average Bonchev–Trinajstić information content (AvgIpc) is 2.79. The Morgan fingerprint density at radius 3 is 2.33 bits per heavy atom. The van der Waals surface area contributed by atoms with Crippen LogP contribution in [0.1, 0.15) is 31.2 Å². The topological polar surface area (TPSA) is 66.6 Å². The first kappa shape index (κ1) is 26.2. The summed E-state index contributed by atoms with van der Waals surface area (Å²) in [4.78, 5) is 4.64. The summed E-state index contributed by atoms with van der Waals surface area (Å²) >= 11 is 6.23. The lowest BCUT2D eigenvalue weighted by Crippen LogP contribution is -2.53. The van der Waals surface area contributed by atoms with Crippen molar-refractivity contribution in [1.82, 2.24) is 4.90 Å². The first-order valence-corrected chi connectivity index (χ1v) is 13.4. The van der Waals surface area contributed by atoms with E-state index < -0.39 is 15.7 Å². The molecule has 1 heterocycles. The molecule has 1 saturated heterocycles. The lowest BCUT2D eigenvalue weighted by molar-refractivity contribution is 0.118. The van der Waals surface area contributed by atoms with Gasteiger partial charge in [0.15, 0.2) is 9.84 Å². The fourth-order valence-electron chi connectivity index (χ4n) is 5.32. The molecule has 2 aromatic carbocycles. The maximum Gasteiger partial charge on any atom is 0.177 e. The lowest BCUT2D eigenvalue weighted by Gasteiger charge is -2.46. The highest BCUT2D eigenvalue weighted by Gasteiger charge is 2.38. The number of benzene rings is 2. The van der Waals surface area contributed by atoms with Gasteiger partial charge in [-0.05, 0) is 61.6 Å². The number of nitrogens with zero attached hydrogens (tertiary/aromatic N) is 2. The van der Waals surface area contributed by atoms with Gasteiger partial charge < -0.3 is 10.6 Å². The fourth-order valence-corrected chi connectivity index (χ4v) is 6.42. The molecule has 1 aliphatic carbocycles. The molecule has 5 nitrogen and oxygen atoms in total. The van der Waals surface area contributed by atoms with Gasteiger partial charge in [0.2, 0.25) is 0 Å². The minimum Gasteiger partial charge on any atom is -0.368 e. The minimum absolute atomic E-state index is 0. The Balaban J connectivity index is 0.00000306. The summed E-state index contributed by atoms with van der Waals surface area (Å²) in [6.07, 6.45) is 5.35. The van der Waals surface area contributed by atoms with Crippen molar-refractivity contribution in [3.05, 3.63) is 58.9 Å². The zero-order valence-corrected chi connectivity index (χ0v) is 21.2. The largest absolute Gasteiger partial charge is 0.368 e. The zero-order valence-electron chi connectivity index (χ0n) is 18.8. The van der Waals surface area contributed by atoms with Gasteiger partial charge in [0, 0.05) is 55.5 Å². The van der Waals surface area contributed by atoms with Gasteiger partial charge in [-0.1, -0.05) is 23.7 Å². The van der Waals surface area contributed by atoms with Gasteiger partial charge in [-0.3, -0.25) is 4.90 Å². The second kappa shape index (κ2) is 10.5. The van der Waals surface area contributed by atoms with Gasteiger partial charge in [-0.2, -0.15) is 0 Å². The Hall–Kier alpha value is -1.38. The van der Waals surface area contributed by atoms with Crippen molar-refractivity contribution in [2.24, 2.45) is 5.73 Å². The molecule has 1 aliphatic heterocycles. The Bertz CT molecular complexity index is 1070. The van der Waals surface area contributed by atoms with Gasteiger partial charge >= 0.3 is 0 Å². The number of halogens is 3. The zero-order chi connectivity index (χ0) is 22.9. The van der Waals surface area contributed by atoms with Gasteiger partial charge in [0.1, 0.15) is 5.82 Å². The number of nitrogens with two attached hydrogens (primary N) is 1. The monoisotopic (exact) mass is 515 g/mol. The highest BCUT2D eigenvalue weighted by Crippen LogP contribution is 2.41. The van der Waals surface area contributed by atoms with Crippen molar-refractivity contribution in [2.75, 3.05) is 43.9 Å². The molecule has 0 aromatic heterocycles. The molecule has 1 saturated carbocycles. The van der Waals surface area contributed by atoms with E-state index in [4.69, 9.17) is 17.3 Å². The highest BCUT2D eigenvalue weighted by molar-refractivity contribution is 7.90. The summed E-state index contributed by atoms with van der Waals surface area (Å²) in [5, 5.41) is 0.753. The summed E-state index contributed by atoms with van der Waals surface area (Å²) < 4.78 is 38.0. The normalized spacial score (nSPS) is 24.4. The van der Waals surface area contributed by atoms with Crippen molar-refractivity contribution < 1.29 is 12.8 Å². The van der Waals surface area contributed by atoms with E-state index in [9.17, 15) is 12.8 Å². The molecule has 4 rings (SSSR count). The predicted octanol–water partition coefficient (Wildman–Crippen LogP) is 4.27. The van der Waals surface area contributed by atoms with Crippen LogP contribution in [0.15, 0.2) is 47.4 Å². The smallest absolute Gasteiger partial charge is 0.177 e. The number of rotatable bonds is 5. The number of piperazine rings is 1. The fraction of sp³-hybridized carbons (Fsp3) is 0.500. The van der Waals surface area contributed by atoms with Crippen LogP contribution in [0.4, 0.5) is 10.1 Å². The lowest BCUT2D eigenvalue weighted by atomic mass is 9.68. The first-order chi connectivity index (χ1) is 15.2. The van der Waals surface area contributed by atoms with Crippen LogP contribution in [0, 0.1) is 5.82 Å². The molecule has 2 aromatic rings. The van der Waals surface area contributed by atoms with Crippen molar-refractivity contribution in [3.63, 3.8) is 0 Å². The van der Waals surface area contributed by atoms with E-state index in [0.717, 1.165) is 69.2 Å². The summed E-state index contributed by atoms with van der Waals surface area (Å²) in [5.41, 5.74) is 8.07. The Labute approximate surface area is 207 Å². The maximum atomic E-state index is 13.7. The number of sulfone groups is 1. The van der Waals surface area contributed by atoms with Crippen molar-refractivity contribution in [1.29, 1.82) is 0 Å². The van der Waals surface area contributed by atoms with Crippen molar-refractivity contribution in [3.8, 4) is 0 Å². The number of hydrogen-bond acceptors (Lipinski definition) is 5. The molecule has 0 spiro atoms. The summed E-state index contributed by atoms with van der Waals surface area (Å²) in [6, 6.07) is 12.6. The van der Waals surface area contributed by atoms with Crippen molar-refractivity contribution in [2.45, 2.75) is 42.0 Å². The van der Waals surface area contributed by atoms with Crippen LogP contribution in [-0.4, -0.2) is 58.3 Å². The average molecular weight is 517 g/mol. The highest BCUT2D eigenvalue weighted by atomic mass is 35.5. The van der Waals surface area contributed by atoms with E-state index in [1.807, 2.05) is 12.1 Å². The number of hydrogen-bond donors (Lipinski definition) is 1. The summed E-state index contributed by atoms with van der Waals surface area (Å²) in [6.45, 7) is 3.78. The van der Waals surface area contributed by atoms with Crippen LogP contribution >= 0.6 is 24.0 Å². The van der Waals surface area contributed by atoms with Gasteiger partial charge in [0.05, 0.1) is 10.6 Å². The Morgan fingerprint density at radius 1 is 1.09 bits per heavy atom. The second-order valence-corrected chi connectivity index (χ2v) is 11.6. The van der Waals surface area contributed by atoms with Crippen LogP contribution in [0.5, 0.6) is 0 Å². The Morgan fingerprint density at radius 2 is 1.76 bits per heavy atom. The molecule has 2 aliphatic rings. The number of anilines is 1. The maximum absolute atomic E-state index is 13.7. The van der Waals surface area contributed by atoms with Gasteiger partial charge in [-0.15, -0.1) is 12.4 Å². The third-order valence-electron chi connectivity index (χ3n) is 7.23. The predicted molar refractivity (Wildman–Crippen MR) is 135 cm³/mol. The second-order valence-electron chi connectivity index (χ2n) is 9.13. The molecule has 0 radical (unpaired) electrons. The van der Waals surface area contributed by atoms with E-state index in [2.05, 4.69) is 21.9 Å². The molecule has 2 N–H and O–H groups in total. The standard InChI is InChI=1S/C24H31ClFN3O2S.ClH/c1-32(30,31)23-16-20(26)5-6-22(23)29-13-11-28(12-14-29)21-7-9-24(17-27,10-8-21)18-3-2-4-19(25)15-18;/h2-6,15-16,21H,7-14,17,27H2,1H3;1H. The van der Waals surface area contributed by atoms with E-state index in [-0.39, 0.29) is 22.7 Å². The third kappa shape index (κ3) is 5.65. The van der Waals surface area contributed by atoms with E-state index in [1.165, 1.54) is 11.6 Å². The third-order valence-corrected chi connectivity index (χ3v) is 8.59. The minimum atomic E-state index is -3.50. The van der Waals surface area contributed by atoms with Crippen LogP contribution in [0.25, 0.3) is 0 Å². The molecule has 0 atom stereocenters. The van der Waals surface area contributed by atoms with Crippen molar-refractivity contribution >= 4 is 39.5 Å². The van der Waals surface area contributed by atoms with Crippen LogP contribution in [0.3, 0.4) is 0 Å². The van der Waals surface area contributed by atoms with E-state index in [1.54, 1.807) is 6.07 Å². The first-order valence-electron chi connectivity index (χ1n) is 11.2. The molecular weight excluding hydrogens is 484 g/mol. The van der Waals surface area contributed by atoms with Gasteiger partial charge in [-0.25, -0.2) is 12.8 Å². The van der Waals surface area contributed by atoms with E-state index in [0.29, 0.717) is 18.3 Å². The van der Waals surface area contributed by atoms with Crippen LogP contribution in [-0.2, 0) is 15.3 Å². The molecule has 33 heavy (non-hydrogen) atoms. The van der Waals surface area contributed by atoms with E-state index >= 15 is 0 Å². The summed E-state index contributed by atoms with van der Waals surface area (Å²) in [5.74, 6) is -0.530. The Kier molecular flexibility index (Phi) is 8.33. The van der Waals surface area contributed by atoms with Gasteiger partial charge in [0.25, 0.3) is 0 Å². The molecule has 2 fully saturated rings. The molecule has 0 unspecified atom stereocenters. The molecular formula is C24H32Cl2FN3O2S. The molecule has 0 bridgehead atoms. The summed E-state index contributed by atoms with van der Waals surface area (Å²) in [7, 11) is -3.50. The quantitative estimate of drug-likeness (QED) is 0.643. The SMILES string of the molecule is CS(=O)(=O)c1cc(F)ccc1N1CCN(C2CCC(CN)(c3cccc(Cl)c3)CC2)CC1.Cl. The molecule has 182 valence electrons. The molecule has 9 heteroatoms. The molecule has 0 amide bonds. The van der Waals surface area contributed by atoms with Crippen LogP contribution in [0.2, 0.25) is 5.02 Å².